The predicted octanol–water partition coefficient (Wildman–Crippen LogP) is 1.57. The molecule has 1 N–H and O–H groups in total. The third kappa shape index (κ3) is 3.61. The van der Waals surface area contributed by atoms with Gasteiger partial charge in [0.2, 0.25) is 15.9 Å². The molecule has 0 spiro atoms. The molecule has 1 aliphatic rings. The van der Waals surface area contributed by atoms with Crippen LogP contribution in [0.4, 0.5) is 8.78 Å². The summed E-state index contributed by atoms with van der Waals surface area (Å²) in [5.74, 6) is -2.38. The Morgan fingerprint density at radius 2 is 2.05 bits per heavy atom. The average molecular weight is 332 g/mol. The van der Waals surface area contributed by atoms with Crippen molar-refractivity contribution < 1.29 is 22.0 Å². The number of carbonyl (C=O) groups is 1. The molecule has 2 atom stereocenters. The second-order valence-corrected chi connectivity index (χ2v) is 7.37. The van der Waals surface area contributed by atoms with E-state index in [0.29, 0.717) is 24.9 Å². The monoisotopic (exact) mass is 332 g/mol. The lowest BCUT2D eigenvalue weighted by molar-refractivity contribution is -0.124. The number of nitrogens with one attached hydrogen (secondary N) is 1. The van der Waals surface area contributed by atoms with Gasteiger partial charge in [0.25, 0.3) is 0 Å². The van der Waals surface area contributed by atoms with Crippen LogP contribution in [0, 0.1) is 11.6 Å². The van der Waals surface area contributed by atoms with Crippen LogP contribution in [0.3, 0.4) is 0 Å². The fourth-order valence-corrected chi connectivity index (χ4v) is 3.70. The number of nitrogens with zero attached hydrogens (tertiary/aromatic N) is 1. The SMILES string of the molecule is CC(NC(=O)C1CCCN1S(C)(=O)=O)c1ccc(F)c(F)c1. The maximum absolute atomic E-state index is 13.2. The second kappa shape index (κ2) is 6.29. The molecule has 8 heteroatoms. The van der Waals surface area contributed by atoms with E-state index in [4.69, 9.17) is 0 Å². The molecule has 0 radical (unpaired) electrons. The molecule has 2 rings (SSSR count). The topological polar surface area (TPSA) is 66.5 Å². The van der Waals surface area contributed by atoms with E-state index in [-0.39, 0.29) is 0 Å². The van der Waals surface area contributed by atoms with Crippen LogP contribution < -0.4 is 5.32 Å². The Kier molecular flexibility index (Phi) is 4.81. The first-order chi connectivity index (χ1) is 10.2. The molecule has 1 saturated heterocycles. The quantitative estimate of drug-likeness (QED) is 0.910. The standard InChI is InChI=1S/C14H18F2N2O3S/c1-9(10-5-6-11(15)12(16)8-10)17-14(19)13-4-3-7-18(13)22(2,20)21/h5-6,8-9,13H,3-4,7H2,1-2H3,(H,17,19). The highest BCUT2D eigenvalue weighted by Gasteiger charge is 2.36. The molecule has 5 nitrogen and oxygen atoms in total. The zero-order valence-corrected chi connectivity index (χ0v) is 13.2. The lowest BCUT2D eigenvalue weighted by Crippen LogP contribution is -2.46. The summed E-state index contributed by atoms with van der Waals surface area (Å²) in [6.07, 6.45) is 2.13. The molecule has 1 aliphatic heterocycles. The van der Waals surface area contributed by atoms with Crippen molar-refractivity contribution >= 4 is 15.9 Å². The summed E-state index contributed by atoms with van der Waals surface area (Å²) in [6.45, 7) is 1.95. The Bertz CT molecular complexity index is 679. The van der Waals surface area contributed by atoms with Gasteiger partial charge in [-0.3, -0.25) is 4.79 Å². The Balaban J connectivity index is 2.09. The van der Waals surface area contributed by atoms with Crippen LogP contribution in [0.2, 0.25) is 0 Å². The predicted molar refractivity (Wildman–Crippen MR) is 77.5 cm³/mol. The van der Waals surface area contributed by atoms with E-state index in [9.17, 15) is 22.0 Å². The molecule has 1 amide bonds. The van der Waals surface area contributed by atoms with Crippen molar-refractivity contribution in [2.75, 3.05) is 12.8 Å². The molecular weight excluding hydrogens is 314 g/mol. The maximum atomic E-state index is 13.2. The van der Waals surface area contributed by atoms with Crippen LogP contribution >= 0.6 is 0 Å². The summed E-state index contributed by atoms with van der Waals surface area (Å²) in [4.78, 5) is 12.3. The lowest BCUT2D eigenvalue weighted by Gasteiger charge is -2.23. The molecule has 122 valence electrons. The summed E-state index contributed by atoms with van der Waals surface area (Å²) < 4.78 is 50.6. The minimum Gasteiger partial charge on any atom is -0.348 e. The summed E-state index contributed by atoms with van der Waals surface area (Å²) in [7, 11) is -3.45. The minimum absolute atomic E-state index is 0.316. The van der Waals surface area contributed by atoms with E-state index in [1.165, 1.54) is 10.4 Å². The van der Waals surface area contributed by atoms with Crippen LogP contribution in [-0.2, 0) is 14.8 Å². The molecule has 2 unspecified atom stereocenters. The zero-order chi connectivity index (χ0) is 16.5. The maximum Gasteiger partial charge on any atom is 0.238 e. The molecule has 0 bridgehead atoms. The average Bonchev–Trinajstić information content (AvgIpc) is 2.91. The largest absolute Gasteiger partial charge is 0.348 e. The molecular formula is C14H18F2N2O3S. The number of halogens is 2. The Morgan fingerprint density at radius 1 is 1.36 bits per heavy atom. The number of sulfonamides is 1. The Hall–Kier alpha value is -1.54. The van der Waals surface area contributed by atoms with Crippen LogP contribution in [0.1, 0.15) is 31.4 Å². The molecule has 1 aromatic rings. The van der Waals surface area contributed by atoms with Gasteiger partial charge in [0.1, 0.15) is 6.04 Å². The highest BCUT2D eigenvalue weighted by atomic mass is 32.2. The van der Waals surface area contributed by atoms with Crippen molar-refractivity contribution in [3.63, 3.8) is 0 Å². The smallest absolute Gasteiger partial charge is 0.238 e. The Morgan fingerprint density at radius 3 is 2.64 bits per heavy atom. The van der Waals surface area contributed by atoms with Gasteiger partial charge in [0, 0.05) is 6.54 Å². The third-order valence-corrected chi connectivity index (χ3v) is 5.02. The molecule has 0 aromatic heterocycles. The van der Waals surface area contributed by atoms with Crippen LogP contribution in [0.15, 0.2) is 18.2 Å². The van der Waals surface area contributed by atoms with Gasteiger partial charge in [-0.25, -0.2) is 17.2 Å². The first kappa shape index (κ1) is 16.8. The van der Waals surface area contributed by atoms with Gasteiger partial charge in [0.05, 0.1) is 12.3 Å². The summed E-state index contributed by atoms with van der Waals surface area (Å²) in [6, 6.07) is 2.09. The summed E-state index contributed by atoms with van der Waals surface area (Å²) >= 11 is 0. The number of hydrogen-bond acceptors (Lipinski definition) is 3. The van der Waals surface area contributed by atoms with Crippen molar-refractivity contribution in [3.8, 4) is 0 Å². The normalized spacial score (nSPS) is 20.8. The van der Waals surface area contributed by atoms with Gasteiger partial charge in [0.15, 0.2) is 11.6 Å². The summed E-state index contributed by atoms with van der Waals surface area (Å²) in [5, 5.41) is 2.65. The van der Waals surface area contributed by atoms with E-state index in [1.807, 2.05) is 0 Å². The fourth-order valence-electron chi connectivity index (χ4n) is 2.57. The van der Waals surface area contributed by atoms with E-state index < -0.39 is 39.6 Å². The van der Waals surface area contributed by atoms with Crippen LogP contribution in [-0.4, -0.2) is 37.5 Å². The molecule has 1 aromatic carbocycles. The van der Waals surface area contributed by atoms with E-state index in [2.05, 4.69) is 5.32 Å². The minimum atomic E-state index is -3.45. The van der Waals surface area contributed by atoms with E-state index in [1.54, 1.807) is 6.92 Å². The number of amides is 1. The van der Waals surface area contributed by atoms with Gasteiger partial charge in [-0.1, -0.05) is 6.07 Å². The first-order valence-corrected chi connectivity index (χ1v) is 8.77. The lowest BCUT2D eigenvalue weighted by atomic mass is 10.1. The van der Waals surface area contributed by atoms with Crippen LogP contribution in [0.25, 0.3) is 0 Å². The number of rotatable bonds is 4. The molecule has 1 heterocycles. The molecule has 0 aliphatic carbocycles. The number of benzene rings is 1. The van der Waals surface area contributed by atoms with Gasteiger partial charge in [-0.15, -0.1) is 0 Å². The van der Waals surface area contributed by atoms with E-state index in [0.717, 1.165) is 18.4 Å². The van der Waals surface area contributed by atoms with Crippen molar-refractivity contribution in [3.05, 3.63) is 35.4 Å². The highest BCUT2D eigenvalue weighted by molar-refractivity contribution is 7.88. The first-order valence-electron chi connectivity index (χ1n) is 6.92. The summed E-state index contributed by atoms with van der Waals surface area (Å²) in [5.41, 5.74) is 0.413. The van der Waals surface area contributed by atoms with Crippen molar-refractivity contribution in [2.24, 2.45) is 0 Å². The van der Waals surface area contributed by atoms with Gasteiger partial charge in [-0.2, -0.15) is 4.31 Å². The van der Waals surface area contributed by atoms with Crippen molar-refractivity contribution in [1.82, 2.24) is 9.62 Å². The van der Waals surface area contributed by atoms with Gasteiger partial charge < -0.3 is 5.32 Å². The zero-order valence-electron chi connectivity index (χ0n) is 12.3. The second-order valence-electron chi connectivity index (χ2n) is 5.44. The van der Waals surface area contributed by atoms with Gasteiger partial charge >= 0.3 is 0 Å². The van der Waals surface area contributed by atoms with Crippen molar-refractivity contribution in [1.29, 1.82) is 0 Å². The fraction of sp³-hybridized carbons (Fsp3) is 0.500. The van der Waals surface area contributed by atoms with Gasteiger partial charge in [-0.05, 0) is 37.5 Å². The third-order valence-electron chi connectivity index (χ3n) is 3.73. The van der Waals surface area contributed by atoms with Crippen molar-refractivity contribution in [2.45, 2.75) is 31.8 Å². The van der Waals surface area contributed by atoms with E-state index >= 15 is 0 Å². The molecule has 1 fully saturated rings. The Labute approximate surface area is 128 Å². The number of carbonyl (C=O) groups excluding carboxylic acids is 1. The highest BCUT2D eigenvalue weighted by Crippen LogP contribution is 2.22. The molecule has 0 saturated carbocycles. The van der Waals surface area contributed by atoms with Crippen LogP contribution in [0.5, 0.6) is 0 Å². The number of hydrogen-bond donors (Lipinski definition) is 1. The molecule has 22 heavy (non-hydrogen) atoms.